The van der Waals surface area contributed by atoms with Crippen molar-refractivity contribution < 1.29 is 8.91 Å². The van der Waals surface area contributed by atoms with Crippen LogP contribution >= 0.6 is 0 Å². The van der Waals surface area contributed by atoms with E-state index in [0.29, 0.717) is 24.0 Å². The summed E-state index contributed by atoms with van der Waals surface area (Å²) >= 11 is 0. The predicted octanol–water partition coefficient (Wildman–Crippen LogP) is 2.89. The van der Waals surface area contributed by atoms with E-state index in [1.54, 1.807) is 35.3 Å². The molecule has 25 heavy (non-hydrogen) atoms. The Morgan fingerprint density at radius 3 is 2.76 bits per heavy atom. The first-order chi connectivity index (χ1) is 12.2. The highest BCUT2D eigenvalue weighted by molar-refractivity contribution is 5.57. The van der Waals surface area contributed by atoms with E-state index in [-0.39, 0.29) is 5.82 Å². The van der Waals surface area contributed by atoms with Crippen LogP contribution in [0.5, 0.6) is 0 Å². The fourth-order valence-corrected chi connectivity index (χ4v) is 2.41. The Kier molecular flexibility index (Phi) is 3.77. The normalized spacial score (nSPS) is 11.0. The SMILES string of the molecule is Cc1c(-c2noc(-c3cccnc3)n2)nnn1Cc1ccc(F)cc1. The number of hydrogen-bond donors (Lipinski definition) is 0. The Bertz CT molecular complexity index is 994. The van der Waals surface area contributed by atoms with Crippen LogP contribution in [0.2, 0.25) is 0 Å². The van der Waals surface area contributed by atoms with E-state index < -0.39 is 0 Å². The van der Waals surface area contributed by atoms with Crippen LogP contribution < -0.4 is 0 Å². The Morgan fingerprint density at radius 1 is 1.16 bits per heavy atom. The summed E-state index contributed by atoms with van der Waals surface area (Å²) < 4.78 is 20.0. The summed E-state index contributed by atoms with van der Waals surface area (Å²) in [7, 11) is 0. The molecule has 0 aliphatic carbocycles. The van der Waals surface area contributed by atoms with E-state index in [1.807, 2.05) is 13.0 Å². The molecule has 1 aromatic carbocycles. The van der Waals surface area contributed by atoms with Gasteiger partial charge in [-0.3, -0.25) is 4.98 Å². The van der Waals surface area contributed by atoms with E-state index in [1.165, 1.54) is 12.1 Å². The molecule has 0 saturated heterocycles. The zero-order valence-electron chi connectivity index (χ0n) is 13.3. The Balaban J connectivity index is 1.61. The average Bonchev–Trinajstić information content (AvgIpc) is 3.25. The molecule has 0 spiro atoms. The third-order valence-electron chi connectivity index (χ3n) is 3.77. The van der Waals surface area contributed by atoms with Gasteiger partial charge in [-0.1, -0.05) is 22.5 Å². The van der Waals surface area contributed by atoms with Gasteiger partial charge in [-0.25, -0.2) is 9.07 Å². The molecule has 0 amide bonds. The average molecular weight is 336 g/mol. The molecule has 124 valence electrons. The van der Waals surface area contributed by atoms with Crippen molar-refractivity contribution in [3.63, 3.8) is 0 Å². The third kappa shape index (κ3) is 3.01. The number of nitrogens with zero attached hydrogens (tertiary/aromatic N) is 6. The van der Waals surface area contributed by atoms with Crippen LogP contribution in [0.15, 0.2) is 53.3 Å². The minimum Gasteiger partial charge on any atom is -0.333 e. The molecular weight excluding hydrogens is 323 g/mol. The maximum absolute atomic E-state index is 13.0. The molecule has 0 N–H and O–H groups in total. The topological polar surface area (TPSA) is 82.5 Å². The molecule has 0 radical (unpaired) electrons. The van der Waals surface area contributed by atoms with Crippen LogP contribution in [0.4, 0.5) is 4.39 Å². The first-order valence-electron chi connectivity index (χ1n) is 7.60. The molecule has 0 bridgehead atoms. The van der Waals surface area contributed by atoms with Crippen LogP contribution in [0.1, 0.15) is 11.3 Å². The standard InChI is InChI=1S/C17H13FN6O/c1-11-15(16-20-17(25-22-16)13-3-2-8-19-9-13)21-23-24(11)10-12-4-6-14(18)7-5-12/h2-9H,10H2,1H3. The molecule has 0 unspecified atom stereocenters. The lowest BCUT2D eigenvalue weighted by atomic mass is 10.2. The molecule has 8 heteroatoms. The predicted molar refractivity (Wildman–Crippen MR) is 86.8 cm³/mol. The second-order valence-corrected chi connectivity index (χ2v) is 5.47. The van der Waals surface area contributed by atoms with Crippen molar-refractivity contribution in [2.45, 2.75) is 13.5 Å². The molecule has 0 aliphatic heterocycles. The summed E-state index contributed by atoms with van der Waals surface area (Å²) in [6, 6.07) is 9.89. The summed E-state index contributed by atoms with van der Waals surface area (Å²) in [6.07, 6.45) is 3.32. The van der Waals surface area contributed by atoms with Crippen molar-refractivity contribution in [1.29, 1.82) is 0 Å². The lowest BCUT2D eigenvalue weighted by Gasteiger charge is -2.03. The zero-order valence-corrected chi connectivity index (χ0v) is 13.3. The molecule has 3 aromatic heterocycles. The number of pyridine rings is 1. The van der Waals surface area contributed by atoms with Crippen molar-refractivity contribution in [2.75, 3.05) is 0 Å². The number of benzene rings is 1. The highest BCUT2D eigenvalue weighted by atomic mass is 19.1. The van der Waals surface area contributed by atoms with Crippen LogP contribution in [-0.2, 0) is 6.54 Å². The summed E-state index contributed by atoms with van der Waals surface area (Å²) in [5.41, 5.74) is 2.99. The molecule has 4 aromatic rings. The van der Waals surface area contributed by atoms with Crippen LogP contribution in [0.3, 0.4) is 0 Å². The van der Waals surface area contributed by atoms with Crippen molar-refractivity contribution >= 4 is 0 Å². The molecule has 0 fully saturated rings. The van der Waals surface area contributed by atoms with Gasteiger partial charge in [0.05, 0.1) is 17.8 Å². The van der Waals surface area contributed by atoms with Gasteiger partial charge in [0.25, 0.3) is 5.89 Å². The fraction of sp³-hybridized carbons (Fsp3) is 0.118. The quantitative estimate of drug-likeness (QED) is 0.570. The highest BCUT2D eigenvalue weighted by Gasteiger charge is 2.18. The molecule has 0 aliphatic rings. The molecule has 3 heterocycles. The van der Waals surface area contributed by atoms with E-state index in [2.05, 4.69) is 25.4 Å². The van der Waals surface area contributed by atoms with Crippen LogP contribution in [-0.4, -0.2) is 30.1 Å². The smallest absolute Gasteiger partial charge is 0.259 e. The Labute approximate surface area is 142 Å². The number of aromatic nitrogens is 6. The maximum atomic E-state index is 13.0. The van der Waals surface area contributed by atoms with Crippen molar-refractivity contribution in [3.05, 3.63) is 65.9 Å². The lowest BCUT2D eigenvalue weighted by Crippen LogP contribution is -2.04. The second kappa shape index (κ2) is 6.23. The van der Waals surface area contributed by atoms with E-state index >= 15 is 0 Å². The van der Waals surface area contributed by atoms with Crippen molar-refractivity contribution in [2.24, 2.45) is 0 Å². The van der Waals surface area contributed by atoms with E-state index in [9.17, 15) is 4.39 Å². The summed E-state index contributed by atoms with van der Waals surface area (Å²) in [5.74, 6) is 0.465. The fourth-order valence-electron chi connectivity index (χ4n) is 2.41. The van der Waals surface area contributed by atoms with Gasteiger partial charge in [0.2, 0.25) is 5.82 Å². The summed E-state index contributed by atoms with van der Waals surface area (Å²) in [4.78, 5) is 8.39. The molecule has 7 nitrogen and oxygen atoms in total. The summed E-state index contributed by atoms with van der Waals surface area (Å²) in [5, 5.41) is 12.3. The zero-order chi connectivity index (χ0) is 17.2. The number of hydrogen-bond acceptors (Lipinski definition) is 6. The van der Waals surface area contributed by atoms with Gasteiger partial charge in [-0.05, 0) is 36.8 Å². The Morgan fingerprint density at radius 2 is 2.00 bits per heavy atom. The van der Waals surface area contributed by atoms with E-state index in [4.69, 9.17) is 4.52 Å². The molecular formula is C17H13FN6O. The number of rotatable bonds is 4. The highest BCUT2D eigenvalue weighted by Crippen LogP contribution is 2.22. The van der Waals surface area contributed by atoms with Crippen LogP contribution in [0, 0.1) is 12.7 Å². The van der Waals surface area contributed by atoms with Crippen LogP contribution in [0.25, 0.3) is 23.0 Å². The van der Waals surface area contributed by atoms with Gasteiger partial charge in [0, 0.05) is 12.4 Å². The minimum absolute atomic E-state index is 0.269. The minimum atomic E-state index is -0.269. The molecule has 0 atom stereocenters. The van der Waals surface area contributed by atoms with E-state index in [0.717, 1.165) is 16.8 Å². The third-order valence-corrected chi connectivity index (χ3v) is 3.77. The van der Waals surface area contributed by atoms with Gasteiger partial charge in [0.1, 0.15) is 5.82 Å². The first kappa shape index (κ1) is 15.1. The molecule has 4 rings (SSSR count). The summed E-state index contributed by atoms with van der Waals surface area (Å²) in [6.45, 7) is 2.35. The van der Waals surface area contributed by atoms with Crippen molar-refractivity contribution in [3.8, 4) is 23.0 Å². The second-order valence-electron chi connectivity index (χ2n) is 5.47. The van der Waals surface area contributed by atoms with Gasteiger partial charge in [0.15, 0.2) is 5.69 Å². The molecule has 0 saturated carbocycles. The Hall–Kier alpha value is -3.42. The van der Waals surface area contributed by atoms with Gasteiger partial charge >= 0.3 is 0 Å². The van der Waals surface area contributed by atoms with Gasteiger partial charge in [-0.2, -0.15) is 4.98 Å². The monoisotopic (exact) mass is 336 g/mol. The first-order valence-corrected chi connectivity index (χ1v) is 7.60. The largest absolute Gasteiger partial charge is 0.333 e. The van der Waals surface area contributed by atoms with Gasteiger partial charge < -0.3 is 4.52 Å². The maximum Gasteiger partial charge on any atom is 0.259 e. The number of halogens is 1. The lowest BCUT2D eigenvalue weighted by molar-refractivity contribution is 0.432. The van der Waals surface area contributed by atoms with Gasteiger partial charge in [-0.15, -0.1) is 5.10 Å². The van der Waals surface area contributed by atoms with Crippen molar-refractivity contribution in [1.82, 2.24) is 30.1 Å².